The predicted molar refractivity (Wildman–Crippen MR) is 154 cm³/mol. The zero-order valence-electron chi connectivity index (χ0n) is 21.6. The normalized spacial score (nSPS) is 23.6. The molecule has 0 bridgehead atoms. The molecule has 2 atom stereocenters. The lowest BCUT2D eigenvalue weighted by Crippen LogP contribution is -2.42. The summed E-state index contributed by atoms with van der Waals surface area (Å²) in [5, 5.41) is 3.91. The molecular formula is C31H36BrFN2O2S. The molecule has 3 aromatic carbocycles. The second-order valence-electron chi connectivity index (χ2n) is 10.9. The topological polar surface area (TPSA) is 58.2 Å². The van der Waals surface area contributed by atoms with Crippen molar-refractivity contribution in [1.29, 1.82) is 0 Å². The average molecular weight is 600 g/mol. The molecule has 3 aromatic rings. The van der Waals surface area contributed by atoms with E-state index in [1.54, 1.807) is 30.3 Å². The minimum absolute atomic E-state index is 0.149. The molecule has 1 saturated carbocycles. The fourth-order valence-corrected chi connectivity index (χ4v) is 8.29. The second-order valence-corrected chi connectivity index (χ2v) is 13.5. The summed E-state index contributed by atoms with van der Waals surface area (Å²) >= 11 is 3.35. The molecule has 38 heavy (non-hydrogen) atoms. The Morgan fingerprint density at radius 2 is 1.53 bits per heavy atom. The van der Waals surface area contributed by atoms with Gasteiger partial charge in [0.25, 0.3) is 0 Å². The summed E-state index contributed by atoms with van der Waals surface area (Å²) in [6.45, 7) is 1.46. The molecule has 1 fully saturated rings. The monoisotopic (exact) mass is 598 g/mol. The van der Waals surface area contributed by atoms with Crippen LogP contribution in [0.5, 0.6) is 0 Å². The van der Waals surface area contributed by atoms with Crippen LogP contribution in [0, 0.1) is 17.7 Å². The zero-order chi connectivity index (χ0) is 26.5. The number of sulfonamides is 1. The van der Waals surface area contributed by atoms with E-state index >= 15 is 0 Å². The third-order valence-electron chi connectivity index (χ3n) is 8.34. The maximum Gasteiger partial charge on any atom is 0.241 e. The van der Waals surface area contributed by atoms with Crippen LogP contribution in [0.4, 0.5) is 4.39 Å². The van der Waals surface area contributed by atoms with Crippen molar-refractivity contribution in [3.63, 3.8) is 0 Å². The maximum absolute atomic E-state index is 13.9. The fourth-order valence-electron chi connectivity index (χ4n) is 6.17. The van der Waals surface area contributed by atoms with E-state index in [1.807, 2.05) is 18.2 Å². The Morgan fingerprint density at radius 3 is 2.26 bits per heavy atom. The van der Waals surface area contributed by atoms with Crippen LogP contribution >= 0.6 is 15.9 Å². The fraction of sp³-hybridized carbons (Fsp3) is 0.419. The number of fused-ring (bicyclic) bond motifs is 1. The van der Waals surface area contributed by atoms with Gasteiger partial charge >= 0.3 is 0 Å². The molecule has 0 heterocycles. The molecule has 2 N–H and O–H groups in total. The van der Waals surface area contributed by atoms with Crippen molar-refractivity contribution in [2.24, 2.45) is 11.8 Å². The Labute approximate surface area is 234 Å². The number of hydrogen-bond acceptors (Lipinski definition) is 3. The quantitative estimate of drug-likeness (QED) is 0.291. The first-order valence-electron chi connectivity index (χ1n) is 13.7. The molecule has 2 unspecified atom stereocenters. The summed E-state index contributed by atoms with van der Waals surface area (Å²) in [6, 6.07) is 23.2. The van der Waals surface area contributed by atoms with E-state index < -0.39 is 10.0 Å². The lowest BCUT2D eigenvalue weighted by atomic mass is 9.75. The second kappa shape index (κ2) is 12.4. The van der Waals surface area contributed by atoms with Gasteiger partial charge in [0.2, 0.25) is 10.0 Å². The van der Waals surface area contributed by atoms with Crippen LogP contribution in [0.3, 0.4) is 0 Å². The number of hydrogen-bond donors (Lipinski definition) is 2. The number of rotatable bonds is 9. The van der Waals surface area contributed by atoms with Gasteiger partial charge in [-0.2, -0.15) is 0 Å². The summed E-state index contributed by atoms with van der Waals surface area (Å²) in [5.74, 6) is 1.14. The minimum Gasteiger partial charge on any atom is -0.313 e. The maximum atomic E-state index is 13.9. The van der Waals surface area contributed by atoms with Crippen LogP contribution in [0.15, 0.2) is 82.2 Å². The molecular weight excluding hydrogens is 563 g/mol. The molecule has 7 heteroatoms. The molecule has 0 aliphatic heterocycles. The summed E-state index contributed by atoms with van der Waals surface area (Å²) in [6.07, 6.45) is 7.14. The highest BCUT2D eigenvalue weighted by Gasteiger charge is 2.31. The van der Waals surface area contributed by atoms with E-state index in [0.29, 0.717) is 39.7 Å². The lowest BCUT2D eigenvalue weighted by molar-refractivity contribution is 0.252. The largest absolute Gasteiger partial charge is 0.313 e. The summed E-state index contributed by atoms with van der Waals surface area (Å²) in [7, 11) is -3.52. The van der Waals surface area contributed by atoms with E-state index in [0.717, 1.165) is 57.1 Å². The van der Waals surface area contributed by atoms with Gasteiger partial charge in [-0.1, -0.05) is 48.5 Å². The molecule has 0 amide bonds. The Balaban J connectivity index is 1.15. The Morgan fingerprint density at radius 1 is 0.842 bits per heavy atom. The standard InChI is InChI=1S/C31H36BrFN2O2S/c32-29-8-4-5-9-31(29)38(36,37)35-21-24-12-10-23(11-13-24)20-34-30-17-14-25-19-26(33)15-16-27(25)28(30)18-22-6-2-1-3-7-22/h1-9,15-16,19,23-24,28,30,34-35H,10-14,17-18,20-21H2. The van der Waals surface area contributed by atoms with E-state index in [-0.39, 0.29) is 5.82 Å². The van der Waals surface area contributed by atoms with E-state index in [2.05, 4.69) is 50.2 Å². The first kappa shape index (κ1) is 27.5. The lowest BCUT2D eigenvalue weighted by Gasteiger charge is -2.36. The Hall–Kier alpha value is -2.06. The molecule has 0 aromatic heterocycles. The average Bonchev–Trinajstić information content (AvgIpc) is 2.92. The van der Waals surface area contributed by atoms with Gasteiger partial charge in [0.05, 0.1) is 4.90 Å². The summed E-state index contributed by atoms with van der Waals surface area (Å²) in [5.41, 5.74) is 3.74. The highest BCUT2D eigenvalue weighted by atomic mass is 79.9. The third-order valence-corrected chi connectivity index (χ3v) is 10.8. The third kappa shape index (κ3) is 6.74. The first-order chi connectivity index (χ1) is 18.4. The van der Waals surface area contributed by atoms with Crippen molar-refractivity contribution in [3.05, 3.63) is 99.8 Å². The smallest absolute Gasteiger partial charge is 0.241 e. The summed E-state index contributed by atoms with van der Waals surface area (Å²) < 4.78 is 42.8. The molecule has 2 aliphatic rings. The van der Waals surface area contributed by atoms with Crippen LogP contribution in [-0.2, 0) is 22.9 Å². The van der Waals surface area contributed by atoms with Crippen molar-refractivity contribution >= 4 is 26.0 Å². The van der Waals surface area contributed by atoms with Crippen molar-refractivity contribution < 1.29 is 12.8 Å². The van der Waals surface area contributed by atoms with Crippen molar-refractivity contribution in [2.45, 2.75) is 61.8 Å². The van der Waals surface area contributed by atoms with Gasteiger partial charge in [-0.3, -0.25) is 0 Å². The number of nitrogens with one attached hydrogen (secondary N) is 2. The van der Waals surface area contributed by atoms with E-state index in [4.69, 9.17) is 0 Å². The van der Waals surface area contributed by atoms with E-state index in [1.165, 1.54) is 11.1 Å². The highest BCUT2D eigenvalue weighted by Crippen LogP contribution is 2.36. The predicted octanol–water partition coefficient (Wildman–Crippen LogP) is 6.60. The number of halogens is 2. The Kier molecular flexibility index (Phi) is 8.99. The molecule has 0 radical (unpaired) electrons. The van der Waals surface area contributed by atoms with Crippen LogP contribution in [0.1, 0.15) is 54.7 Å². The molecule has 202 valence electrons. The van der Waals surface area contributed by atoms with Crippen molar-refractivity contribution in [2.75, 3.05) is 13.1 Å². The molecule has 2 aliphatic carbocycles. The minimum atomic E-state index is -3.52. The molecule has 4 nitrogen and oxygen atoms in total. The summed E-state index contributed by atoms with van der Waals surface area (Å²) in [4.78, 5) is 0.291. The van der Waals surface area contributed by atoms with Crippen LogP contribution in [-0.4, -0.2) is 27.5 Å². The number of benzene rings is 3. The molecule has 0 spiro atoms. The van der Waals surface area contributed by atoms with Gasteiger partial charge in [0.1, 0.15) is 5.82 Å². The van der Waals surface area contributed by atoms with Gasteiger partial charge in [0, 0.05) is 23.0 Å². The van der Waals surface area contributed by atoms with Crippen LogP contribution in [0.2, 0.25) is 0 Å². The molecule has 5 rings (SSSR count). The van der Waals surface area contributed by atoms with Gasteiger partial charge < -0.3 is 5.32 Å². The van der Waals surface area contributed by atoms with Crippen molar-refractivity contribution in [1.82, 2.24) is 10.0 Å². The SMILES string of the molecule is O=S(=O)(NCC1CCC(CNC2CCc3cc(F)ccc3C2Cc2ccccc2)CC1)c1ccccc1Br. The van der Waals surface area contributed by atoms with Gasteiger partial charge in [0.15, 0.2) is 0 Å². The number of aryl methyl sites for hydroxylation is 1. The van der Waals surface area contributed by atoms with Gasteiger partial charge in [-0.05, 0) is 120 Å². The van der Waals surface area contributed by atoms with Crippen LogP contribution < -0.4 is 10.0 Å². The highest BCUT2D eigenvalue weighted by molar-refractivity contribution is 9.10. The van der Waals surface area contributed by atoms with E-state index in [9.17, 15) is 12.8 Å². The van der Waals surface area contributed by atoms with Gasteiger partial charge in [-0.25, -0.2) is 17.5 Å². The molecule has 0 saturated heterocycles. The zero-order valence-corrected chi connectivity index (χ0v) is 24.0. The first-order valence-corrected chi connectivity index (χ1v) is 16.0. The van der Waals surface area contributed by atoms with Gasteiger partial charge in [-0.15, -0.1) is 0 Å². The van der Waals surface area contributed by atoms with Crippen LogP contribution in [0.25, 0.3) is 0 Å². The Bertz CT molecular complexity index is 1330. The van der Waals surface area contributed by atoms with Crippen molar-refractivity contribution in [3.8, 4) is 0 Å².